The lowest BCUT2D eigenvalue weighted by atomic mass is 10.1. The number of piperazine rings is 1. The second kappa shape index (κ2) is 9.25. The van der Waals surface area contributed by atoms with Crippen molar-refractivity contribution < 1.29 is 9.53 Å². The van der Waals surface area contributed by atoms with Gasteiger partial charge in [0.15, 0.2) is 0 Å². The Morgan fingerprint density at radius 2 is 1.69 bits per heavy atom. The average molecular weight is 353 g/mol. The molecule has 1 N–H and O–H groups in total. The maximum absolute atomic E-state index is 12.3. The minimum absolute atomic E-state index is 0.00938. The molecule has 2 aromatic carbocycles. The largest absolute Gasteiger partial charge is 0.496 e. The van der Waals surface area contributed by atoms with E-state index < -0.39 is 0 Å². The Morgan fingerprint density at radius 1 is 1.00 bits per heavy atom. The molecule has 1 heterocycles. The average Bonchev–Trinajstić information content (AvgIpc) is 2.69. The molecule has 0 spiro atoms. The molecule has 0 bridgehead atoms. The van der Waals surface area contributed by atoms with Crippen LogP contribution >= 0.6 is 0 Å². The van der Waals surface area contributed by atoms with Crippen LogP contribution in [0.4, 0.5) is 10.5 Å². The number of carbonyl (C=O) groups excluding carboxylic acids is 1. The van der Waals surface area contributed by atoms with Crippen molar-refractivity contribution in [2.75, 3.05) is 45.2 Å². The maximum Gasteiger partial charge on any atom is 0.321 e. The Hall–Kier alpha value is -2.53. The molecule has 26 heavy (non-hydrogen) atoms. The summed E-state index contributed by atoms with van der Waals surface area (Å²) >= 11 is 0. The van der Waals surface area contributed by atoms with Crippen molar-refractivity contribution in [1.29, 1.82) is 0 Å². The Bertz CT molecular complexity index is 697. The zero-order valence-corrected chi connectivity index (χ0v) is 15.4. The summed E-state index contributed by atoms with van der Waals surface area (Å²) < 4.78 is 5.41. The number of carbonyl (C=O) groups is 1. The van der Waals surface area contributed by atoms with Gasteiger partial charge in [-0.1, -0.05) is 36.4 Å². The molecule has 5 heteroatoms. The van der Waals surface area contributed by atoms with Gasteiger partial charge in [-0.25, -0.2) is 4.79 Å². The van der Waals surface area contributed by atoms with Gasteiger partial charge in [0.2, 0.25) is 0 Å². The van der Waals surface area contributed by atoms with Crippen molar-refractivity contribution in [2.45, 2.75) is 12.8 Å². The van der Waals surface area contributed by atoms with Gasteiger partial charge in [-0.15, -0.1) is 0 Å². The van der Waals surface area contributed by atoms with Crippen molar-refractivity contribution in [3.8, 4) is 5.75 Å². The first-order valence-corrected chi connectivity index (χ1v) is 9.21. The van der Waals surface area contributed by atoms with E-state index in [-0.39, 0.29) is 6.03 Å². The number of amides is 2. The topological polar surface area (TPSA) is 44.8 Å². The summed E-state index contributed by atoms with van der Waals surface area (Å²) in [4.78, 5) is 16.7. The van der Waals surface area contributed by atoms with Crippen LogP contribution in [0, 0.1) is 0 Å². The van der Waals surface area contributed by atoms with E-state index in [9.17, 15) is 4.79 Å². The normalized spacial score (nSPS) is 14.9. The molecule has 0 atom stereocenters. The van der Waals surface area contributed by atoms with Crippen LogP contribution in [0.1, 0.15) is 12.0 Å². The zero-order chi connectivity index (χ0) is 18.2. The van der Waals surface area contributed by atoms with Gasteiger partial charge in [0.25, 0.3) is 0 Å². The minimum Gasteiger partial charge on any atom is -0.496 e. The first kappa shape index (κ1) is 18.3. The predicted molar refractivity (Wildman–Crippen MR) is 105 cm³/mol. The number of aryl methyl sites for hydroxylation is 1. The lowest BCUT2D eigenvalue weighted by Crippen LogP contribution is -2.50. The molecule has 1 aliphatic rings. The predicted octanol–water partition coefficient (Wildman–Crippen LogP) is 3.48. The van der Waals surface area contributed by atoms with Crippen LogP contribution < -0.4 is 10.1 Å². The fourth-order valence-electron chi connectivity index (χ4n) is 3.30. The number of para-hydroxylation sites is 2. The molecular weight excluding hydrogens is 326 g/mol. The fraction of sp³-hybridized carbons (Fsp3) is 0.381. The zero-order valence-electron chi connectivity index (χ0n) is 15.4. The van der Waals surface area contributed by atoms with Gasteiger partial charge in [-0.2, -0.15) is 0 Å². The standard InChI is InChI=1S/C21H27N3O2/c1-26-20-12-6-5-8-18(20)9-7-13-23-14-16-24(17-15-23)21(25)22-19-10-3-2-4-11-19/h2-6,8,10-12H,7,9,13-17H2,1H3,(H,22,25). The lowest BCUT2D eigenvalue weighted by Gasteiger charge is -2.34. The number of methoxy groups -OCH3 is 1. The third-order valence-electron chi connectivity index (χ3n) is 4.80. The van der Waals surface area contributed by atoms with Gasteiger partial charge < -0.3 is 15.0 Å². The molecule has 1 aliphatic heterocycles. The first-order valence-electron chi connectivity index (χ1n) is 9.21. The number of nitrogens with zero attached hydrogens (tertiary/aromatic N) is 2. The molecule has 1 fully saturated rings. The van der Waals surface area contributed by atoms with Gasteiger partial charge in [-0.05, 0) is 43.1 Å². The van der Waals surface area contributed by atoms with Gasteiger partial charge in [0, 0.05) is 31.9 Å². The molecule has 0 unspecified atom stereocenters. The Balaban J connectivity index is 1.39. The number of anilines is 1. The lowest BCUT2D eigenvalue weighted by molar-refractivity contribution is 0.146. The van der Waals surface area contributed by atoms with Crippen LogP contribution in [-0.4, -0.2) is 55.7 Å². The molecule has 0 radical (unpaired) electrons. The number of nitrogens with one attached hydrogen (secondary N) is 1. The van der Waals surface area contributed by atoms with E-state index >= 15 is 0 Å². The van der Waals surface area contributed by atoms with Crippen molar-refractivity contribution in [1.82, 2.24) is 9.80 Å². The molecule has 2 aromatic rings. The summed E-state index contributed by atoms with van der Waals surface area (Å²) in [5, 5.41) is 2.96. The van der Waals surface area contributed by atoms with Crippen LogP contribution in [0.25, 0.3) is 0 Å². The van der Waals surface area contributed by atoms with Crippen LogP contribution in [0.5, 0.6) is 5.75 Å². The summed E-state index contributed by atoms with van der Waals surface area (Å²) in [7, 11) is 1.72. The highest BCUT2D eigenvalue weighted by atomic mass is 16.5. The third kappa shape index (κ3) is 4.99. The van der Waals surface area contributed by atoms with E-state index in [1.54, 1.807) is 7.11 Å². The Kier molecular flexibility index (Phi) is 6.50. The SMILES string of the molecule is COc1ccccc1CCCN1CCN(C(=O)Nc2ccccc2)CC1. The summed E-state index contributed by atoms with van der Waals surface area (Å²) in [6.07, 6.45) is 2.11. The molecule has 0 aromatic heterocycles. The minimum atomic E-state index is -0.00938. The number of hydrogen-bond acceptors (Lipinski definition) is 3. The van der Waals surface area contributed by atoms with Gasteiger partial charge >= 0.3 is 6.03 Å². The van der Waals surface area contributed by atoms with Crippen molar-refractivity contribution in [3.05, 3.63) is 60.2 Å². The molecular formula is C21H27N3O2. The third-order valence-corrected chi connectivity index (χ3v) is 4.80. The van der Waals surface area contributed by atoms with Gasteiger partial charge in [0.1, 0.15) is 5.75 Å². The monoisotopic (exact) mass is 353 g/mol. The van der Waals surface area contributed by atoms with E-state index in [4.69, 9.17) is 4.74 Å². The number of rotatable bonds is 6. The van der Waals surface area contributed by atoms with Crippen LogP contribution in [0.15, 0.2) is 54.6 Å². The van der Waals surface area contributed by atoms with Crippen LogP contribution in [-0.2, 0) is 6.42 Å². The molecule has 3 rings (SSSR count). The second-order valence-corrected chi connectivity index (χ2v) is 6.54. The van der Waals surface area contributed by atoms with Gasteiger partial charge in [-0.3, -0.25) is 4.90 Å². The molecule has 138 valence electrons. The summed E-state index contributed by atoms with van der Waals surface area (Å²) in [6, 6.07) is 17.8. The summed E-state index contributed by atoms with van der Waals surface area (Å²) in [6.45, 7) is 4.44. The van der Waals surface area contributed by atoms with Crippen molar-refractivity contribution in [3.63, 3.8) is 0 Å². The number of ether oxygens (including phenoxy) is 1. The molecule has 1 saturated heterocycles. The van der Waals surface area contributed by atoms with Crippen molar-refractivity contribution >= 4 is 11.7 Å². The Labute approximate surface area is 155 Å². The van der Waals surface area contributed by atoms with Crippen LogP contribution in [0.3, 0.4) is 0 Å². The van der Waals surface area contributed by atoms with Gasteiger partial charge in [0.05, 0.1) is 7.11 Å². The van der Waals surface area contributed by atoms with E-state index in [1.165, 1.54) is 5.56 Å². The molecule has 0 saturated carbocycles. The highest BCUT2D eigenvalue weighted by Crippen LogP contribution is 2.19. The highest BCUT2D eigenvalue weighted by Gasteiger charge is 2.20. The molecule has 5 nitrogen and oxygen atoms in total. The quantitative estimate of drug-likeness (QED) is 0.865. The van der Waals surface area contributed by atoms with E-state index in [0.717, 1.165) is 57.0 Å². The maximum atomic E-state index is 12.3. The number of urea groups is 1. The highest BCUT2D eigenvalue weighted by molar-refractivity contribution is 5.89. The van der Waals surface area contributed by atoms with Crippen molar-refractivity contribution in [2.24, 2.45) is 0 Å². The molecule has 0 aliphatic carbocycles. The molecule has 2 amide bonds. The van der Waals surface area contributed by atoms with E-state index in [1.807, 2.05) is 47.4 Å². The second-order valence-electron chi connectivity index (χ2n) is 6.54. The summed E-state index contributed by atoms with van der Waals surface area (Å²) in [5.41, 5.74) is 2.10. The van der Waals surface area contributed by atoms with E-state index in [0.29, 0.717) is 0 Å². The number of hydrogen-bond donors (Lipinski definition) is 1. The smallest absolute Gasteiger partial charge is 0.321 e. The summed E-state index contributed by atoms with van der Waals surface area (Å²) in [5.74, 6) is 0.968. The fourth-order valence-corrected chi connectivity index (χ4v) is 3.30. The first-order chi connectivity index (χ1) is 12.8. The van der Waals surface area contributed by atoms with E-state index in [2.05, 4.69) is 22.3 Å². The Morgan fingerprint density at radius 3 is 2.42 bits per heavy atom. The van der Waals surface area contributed by atoms with Crippen LogP contribution in [0.2, 0.25) is 0 Å². The number of benzene rings is 2.